The summed E-state index contributed by atoms with van der Waals surface area (Å²) in [5, 5.41) is 0. The average Bonchev–Trinajstić information content (AvgIpc) is 2.29. The number of thiol groups is 1. The molecule has 0 aromatic carbocycles. The Bertz CT molecular complexity index is 174. The Morgan fingerprint density at radius 3 is 2.31 bits per heavy atom. The summed E-state index contributed by atoms with van der Waals surface area (Å²) >= 11 is 4.47. The molecular weight excluding hydrogens is 214 g/mol. The van der Waals surface area contributed by atoms with E-state index in [1.165, 1.54) is 45.3 Å². The third kappa shape index (κ3) is 4.67. The molecule has 16 heavy (non-hydrogen) atoms. The fourth-order valence-electron chi connectivity index (χ4n) is 2.82. The normalized spacial score (nSPS) is 21.6. The smallest absolute Gasteiger partial charge is 0.00175 e. The zero-order chi connectivity index (χ0) is 12.0. The van der Waals surface area contributed by atoms with Crippen LogP contribution in [0.1, 0.15) is 46.5 Å². The van der Waals surface area contributed by atoms with Crippen LogP contribution in [0.5, 0.6) is 0 Å². The van der Waals surface area contributed by atoms with Crippen LogP contribution in [0.3, 0.4) is 0 Å². The number of piperidine rings is 1. The molecule has 1 atom stereocenters. The van der Waals surface area contributed by atoms with Crippen molar-refractivity contribution in [3.05, 3.63) is 0 Å². The third-order valence-electron chi connectivity index (χ3n) is 4.05. The van der Waals surface area contributed by atoms with Gasteiger partial charge in [-0.05, 0) is 55.9 Å². The highest BCUT2D eigenvalue weighted by Crippen LogP contribution is 2.25. The van der Waals surface area contributed by atoms with Gasteiger partial charge in [0.25, 0.3) is 0 Å². The van der Waals surface area contributed by atoms with Gasteiger partial charge in [0.1, 0.15) is 0 Å². The molecule has 1 heterocycles. The van der Waals surface area contributed by atoms with Gasteiger partial charge in [0.05, 0.1) is 0 Å². The Morgan fingerprint density at radius 1 is 1.25 bits per heavy atom. The van der Waals surface area contributed by atoms with Crippen LogP contribution in [-0.2, 0) is 0 Å². The van der Waals surface area contributed by atoms with Gasteiger partial charge in [-0.3, -0.25) is 0 Å². The predicted molar refractivity (Wildman–Crippen MR) is 76.3 cm³/mol. The lowest BCUT2D eigenvalue weighted by Crippen LogP contribution is -2.38. The van der Waals surface area contributed by atoms with Crippen molar-refractivity contribution in [2.75, 3.05) is 25.4 Å². The van der Waals surface area contributed by atoms with Crippen LogP contribution in [0.15, 0.2) is 0 Å². The van der Waals surface area contributed by atoms with Gasteiger partial charge in [0.2, 0.25) is 0 Å². The Hall–Kier alpha value is 0.310. The number of likely N-dealkylation sites (tertiary alicyclic amines) is 1. The fraction of sp³-hybridized carbons (Fsp3) is 1.00. The fourth-order valence-corrected chi connectivity index (χ4v) is 3.11. The first-order chi connectivity index (χ1) is 7.67. The zero-order valence-electron chi connectivity index (χ0n) is 11.3. The maximum absolute atomic E-state index is 4.47. The van der Waals surface area contributed by atoms with Gasteiger partial charge in [-0.2, -0.15) is 12.6 Å². The molecule has 1 aliphatic heterocycles. The minimum absolute atomic E-state index is 0.809. The Balaban J connectivity index is 2.25. The Labute approximate surface area is 107 Å². The second kappa shape index (κ2) is 7.60. The molecule has 0 spiro atoms. The summed E-state index contributed by atoms with van der Waals surface area (Å²) in [4.78, 5) is 2.66. The van der Waals surface area contributed by atoms with Gasteiger partial charge in [0.15, 0.2) is 0 Å². The molecule has 1 aliphatic rings. The van der Waals surface area contributed by atoms with E-state index in [9.17, 15) is 0 Å². The van der Waals surface area contributed by atoms with Crippen LogP contribution < -0.4 is 0 Å². The van der Waals surface area contributed by atoms with E-state index in [1.807, 2.05) is 0 Å². The van der Waals surface area contributed by atoms with Gasteiger partial charge in [-0.25, -0.2) is 0 Å². The van der Waals surface area contributed by atoms with Crippen LogP contribution in [0, 0.1) is 17.8 Å². The quantitative estimate of drug-likeness (QED) is 0.696. The lowest BCUT2D eigenvalue weighted by molar-refractivity contribution is 0.141. The molecule has 1 rings (SSSR count). The minimum Gasteiger partial charge on any atom is -0.303 e. The van der Waals surface area contributed by atoms with E-state index in [0.29, 0.717) is 0 Å². The van der Waals surface area contributed by atoms with Crippen LogP contribution in [0.4, 0.5) is 0 Å². The molecule has 1 fully saturated rings. The molecule has 1 saturated heterocycles. The van der Waals surface area contributed by atoms with Crippen LogP contribution in [-0.4, -0.2) is 30.3 Å². The molecule has 96 valence electrons. The van der Waals surface area contributed by atoms with E-state index in [0.717, 1.165) is 23.5 Å². The standard InChI is InChI=1S/C14H29NS/c1-4-5-13(11-16)10-15-8-6-14(7-9-15)12(2)3/h12-14,16H,4-11H2,1-3H3. The summed E-state index contributed by atoms with van der Waals surface area (Å²) < 4.78 is 0. The van der Waals surface area contributed by atoms with Gasteiger partial charge >= 0.3 is 0 Å². The van der Waals surface area contributed by atoms with E-state index in [4.69, 9.17) is 0 Å². The van der Waals surface area contributed by atoms with Crippen molar-refractivity contribution in [2.24, 2.45) is 17.8 Å². The minimum atomic E-state index is 0.809. The molecule has 1 nitrogen and oxygen atoms in total. The van der Waals surface area contributed by atoms with Crippen molar-refractivity contribution in [3.63, 3.8) is 0 Å². The molecular formula is C14H29NS. The van der Waals surface area contributed by atoms with E-state index >= 15 is 0 Å². The number of hydrogen-bond acceptors (Lipinski definition) is 2. The van der Waals surface area contributed by atoms with Crippen LogP contribution in [0.2, 0.25) is 0 Å². The molecule has 1 unspecified atom stereocenters. The second-order valence-electron chi connectivity index (χ2n) is 5.72. The Kier molecular flexibility index (Phi) is 6.83. The van der Waals surface area contributed by atoms with Gasteiger partial charge in [-0.15, -0.1) is 0 Å². The van der Waals surface area contributed by atoms with Crippen LogP contribution in [0.25, 0.3) is 0 Å². The van der Waals surface area contributed by atoms with Crippen molar-refractivity contribution in [2.45, 2.75) is 46.5 Å². The highest BCUT2D eigenvalue weighted by molar-refractivity contribution is 7.80. The summed E-state index contributed by atoms with van der Waals surface area (Å²) in [6.45, 7) is 10.9. The van der Waals surface area contributed by atoms with E-state index in [2.05, 4.69) is 38.3 Å². The molecule has 0 bridgehead atoms. The van der Waals surface area contributed by atoms with Crippen molar-refractivity contribution in [1.82, 2.24) is 4.90 Å². The first kappa shape index (κ1) is 14.4. The number of nitrogens with zero attached hydrogens (tertiary/aromatic N) is 1. The molecule has 0 aliphatic carbocycles. The third-order valence-corrected chi connectivity index (χ3v) is 4.56. The molecule has 0 saturated carbocycles. The molecule has 0 aromatic rings. The Morgan fingerprint density at radius 2 is 1.88 bits per heavy atom. The first-order valence-electron chi connectivity index (χ1n) is 7.00. The van der Waals surface area contributed by atoms with Crippen molar-refractivity contribution >= 4 is 12.6 Å². The van der Waals surface area contributed by atoms with Crippen molar-refractivity contribution in [1.29, 1.82) is 0 Å². The molecule has 0 aromatic heterocycles. The highest BCUT2D eigenvalue weighted by Gasteiger charge is 2.22. The largest absolute Gasteiger partial charge is 0.303 e. The summed E-state index contributed by atoms with van der Waals surface area (Å²) in [7, 11) is 0. The maximum Gasteiger partial charge on any atom is 0.00175 e. The SMILES string of the molecule is CCCC(CS)CN1CCC(C(C)C)CC1. The number of rotatable bonds is 6. The van der Waals surface area contributed by atoms with Crippen molar-refractivity contribution < 1.29 is 0 Å². The lowest BCUT2D eigenvalue weighted by atomic mass is 9.86. The summed E-state index contributed by atoms with van der Waals surface area (Å²) in [5.74, 6) is 3.71. The molecule has 2 heteroatoms. The predicted octanol–water partition coefficient (Wildman–Crippen LogP) is 3.70. The molecule has 0 radical (unpaired) electrons. The summed E-state index contributed by atoms with van der Waals surface area (Å²) in [6.07, 6.45) is 5.45. The first-order valence-corrected chi connectivity index (χ1v) is 7.63. The highest BCUT2D eigenvalue weighted by atomic mass is 32.1. The second-order valence-corrected chi connectivity index (χ2v) is 6.08. The van der Waals surface area contributed by atoms with E-state index < -0.39 is 0 Å². The van der Waals surface area contributed by atoms with E-state index in [1.54, 1.807) is 0 Å². The summed E-state index contributed by atoms with van der Waals surface area (Å²) in [5.41, 5.74) is 0. The maximum atomic E-state index is 4.47. The monoisotopic (exact) mass is 243 g/mol. The van der Waals surface area contributed by atoms with Gasteiger partial charge in [-0.1, -0.05) is 27.2 Å². The average molecular weight is 243 g/mol. The summed E-state index contributed by atoms with van der Waals surface area (Å²) in [6, 6.07) is 0. The van der Waals surface area contributed by atoms with E-state index in [-0.39, 0.29) is 0 Å². The van der Waals surface area contributed by atoms with Gasteiger partial charge < -0.3 is 4.90 Å². The van der Waals surface area contributed by atoms with Crippen molar-refractivity contribution in [3.8, 4) is 0 Å². The lowest BCUT2D eigenvalue weighted by Gasteiger charge is -2.35. The number of hydrogen-bond donors (Lipinski definition) is 1. The topological polar surface area (TPSA) is 3.24 Å². The van der Waals surface area contributed by atoms with Gasteiger partial charge in [0, 0.05) is 6.54 Å². The van der Waals surface area contributed by atoms with Crippen LogP contribution >= 0.6 is 12.6 Å². The zero-order valence-corrected chi connectivity index (χ0v) is 12.2. The molecule has 0 N–H and O–H groups in total. The molecule has 0 amide bonds.